The number of aromatic nitrogens is 1. The van der Waals surface area contributed by atoms with Crippen LogP contribution in [0.4, 0.5) is 5.69 Å². The minimum Gasteiger partial charge on any atom is -0.376 e. The molecule has 0 fully saturated rings. The molecule has 2 N–H and O–H groups in total. The molecule has 0 bridgehead atoms. The Morgan fingerprint density at radius 3 is 2.91 bits per heavy atom. The van der Waals surface area contributed by atoms with Crippen molar-refractivity contribution in [3.63, 3.8) is 0 Å². The Hall–Kier alpha value is -1.16. The molecular formula is C7H9N3S. The van der Waals surface area contributed by atoms with Crippen molar-refractivity contribution < 1.29 is 0 Å². The number of anilines is 1. The van der Waals surface area contributed by atoms with Gasteiger partial charge in [0.05, 0.1) is 11.9 Å². The highest BCUT2D eigenvalue weighted by Crippen LogP contribution is 2.07. The zero-order valence-corrected chi connectivity index (χ0v) is 7.01. The lowest BCUT2D eigenvalue weighted by Gasteiger charge is -2.15. The van der Waals surface area contributed by atoms with E-state index in [0.717, 1.165) is 5.69 Å². The van der Waals surface area contributed by atoms with E-state index in [1.807, 2.05) is 12.1 Å². The van der Waals surface area contributed by atoms with Gasteiger partial charge in [-0.05, 0) is 24.4 Å². The Bertz CT molecular complexity index is 247. The van der Waals surface area contributed by atoms with Gasteiger partial charge in [-0.2, -0.15) is 0 Å². The molecule has 0 atom stereocenters. The molecule has 58 valence electrons. The van der Waals surface area contributed by atoms with Crippen LogP contribution in [0.5, 0.6) is 0 Å². The Kier molecular flexibility index (Phi) is 2.38. The average molecular weight is 167 g/mol. The van der Waals surface area contributed by atoms with E-state index >= 15 is 0 Å². The van der Waals surface area contributed by atoms with Crippen LogP contribution in [-0.4, -0.2) is 17.1 Å². The van der Waals surface area contributed by atoms with Gasteiger partial charge in [0.1, 0.15) is 0 Å². The number of nitrogens with two attached hydrogens (primary N) is 1. The number of rotatable bonds is 1. The van der Waals surface area contributed by atoms with Gasteiger partial charge in [0.25, 0.3) is 0 Å². The second-order valence-corrected chi connectivity index (χ2v) is 2.53. The second kappa shape index (κ2) is 3.30. The lowest BCUT2D eigenvalue weighted by Crippen LogP contribution is -2.31. The summed E-state index contributed by atoms with van der Waals surface area (Å²) in [5.74, 6) is 0. The summed E-state index contributed by atoms with van der Waals surface area (Å²) in [5.41, 5.74) is 6.30. The van der Waals surface area contributed by atoms with Crippen LogP contribution in [0.2, 0.25) is 0 Å². The van der Waals surface area contributed by atoms with Crippen LogP contribution in [0.15, 0.2) is 24.5 Å². The van der Waals surface area contributed by atoms with Crippen LogP contribution < -0.4 is 10.6 Å². The van der Waals surface area contributed by atoms with E-state index in [2.05, 4.69) is 4.98 Å². The standard InChI is InChI=1S/C7H9N3S/c1-10(7(8)11)6-3-2-4-9-5-6/h2-5H,1H3,(H2,8,11). The second-order valence-electron chi connectivity index (χ2n) is 2.11. The van der Waals surface area contributed by atoms with E-state index in [4.69, 9.17) is 18.0 Å². The predicted molar refractivity (Wildman–Crippen MR) is 49.4 cm³/mol. The minimum absolute atomic E-state index is 0.345. The fourth-order valence-electron chi connectivity index (χ4n) is 0.679. The van der Waals surface area contributed by atoms with Crippen LogP contribution in [0, 0.1) is 0 Å². The van der Waals surface area contributed by atoms with E-state index < -0.39 is 0 Å². The van der Waals surface area contributed by atoms with Crippen LogP contribution in [0.3, 0.4) is 0 Å². The van der Waals surface area contributed by atoms with Crippen LogP contribution in [0.25, 0.3) is 0 Å². The van der Waals surface area contributed by atoms with Crippen molar-refractivity contribution in [2.45, 2.75) is 0 Å². The van der Waals surface area contributed by atoms with Crippen molar-refractivity contribution in [1.82, 2.24) is 4.98 Å². The molecule has 1 aromatic rings. The number of pyridine rings is 1. The molecule has 0 amide bonds. The Morgan fingerprint density at radius 2 is 2.45 bits per heavy atom. The maximum atomic E-state index is 5.40. The molecule has 0 aliphatic carbocycles. The average Bonchev–Trinajstić information content (AvgIpc) is 2.05. The lowest BCUT2D eigenvalue weighted by atomic mass is 10.4. The largest absolute Gasteiger partial charge is 0.376 e. The first-order valence-corrected chi connectivity index (χ1v) is 3.56. The van der Waals surface area contributed by atoms with Crippen molar-refractivity contribution in [3.8, 4) is 0 Å². The third-order valence-corrected chi connectivity index (χ3v) is 1.64. The summed E-state index contributed by atoms with van der Waals surface area (Å²) in [7, 11) is 1.80. The molecule has 1 rings (SSSR count). The molecule has 0 aliphatic heterocycles. The maximum absolute atomic E-state index is 5.40. The first-order valence-electron chi connectivity index (χ1n) is 3.15. The Balaban J connectivity index is 2.85. The zero-order chi connectivity index (χ0) is 8.27. The van der Waals surface area contributed by atoms with Gasteiger partial charge in [-0.25, -0.2) is 0 Å². The van der Waals surface area contributed by atoms with Crippen LogP contribution >= 0.6 is 12.2 Å². The highest BCUT2D eigenvalue weighted by atomic mass is 32.1. The third-order valence-electron chi connectivity index (χ3n) is 1.36. The highest BCUT2D eigenvalue weighted by Gasteiger charge is 2.00. The quantitative estimate of drug-likeness (QED) is 0.627. The molecule has 0 saturated carbocycles. The van der Waals surface area contributed by atoms with Gasteiger partial charge >= 0.3 is 0 Å². The SMILES string of the molecule is CN(C(N)=S)c1cccnc1. The van der Waals surface area contributed by atoms with Gasteiger partial charge in [-0.3, -0.25) is 4.98 Å². The molecular weight excluding hydrogens is 158 g/mol. The first-order chi connectivity index (χ1) is 5.22. The van der Waals surface area contributed by atoms with Crippen LogP contribution in [0.1, 0.15) is 0 Å². The normalized spacial score (nSPS) is 9.18. The summed E-state index contributed by atoms with van der Waals surface area (Å²) >= 11 is 4.78. The summed E-state index contributed by atoms with van der Waals surface area (Å²) in [6.45, 7) is 0. The van der Waals surface area contributed by atoms with Gasteiger partial charge in [-0.15, -0.1) is 0 Å². The lowest BCUT2D eigenvalue weighted by molar-refractivity contribution is 1.22. The van der Waals surface area contributed by atoms with Crippen molar-refractivity contribution >= 4 is 23.0 Å². The minimum atomic E-state index is 0.345. The fraction of sp³-hybridized carbons (Fsp3) is 0.143. The number of hydrogen-bond acceptors (Lipinski definition) is 2. The van der Waals surface area contributed by atoms with Crippen molar-refractivity contribution in [2.24, 2.45) is 5.73 Å². The number of thiocarbonyl (C=S) groups is 1. The molecule has 0 aliphatic rings. The van der Waals surface area contributed by atoms with Gasteiger partial charge in [-0.1, -0.05) is 0 Å². The summed E-state index contributed by atoms with van der Waals surface area (Å²) < 4.78 is 0. The Labute approximate surface area is 70.8 Å². The molecule has 0 radical (unpaired) electrons. The van der Waals surface area contributed by atoms with Crippen molar-refractivity contribution in [1.29, 1.82) is 0 Å². The van der Waals surface area contributed by atoms with E-state index in [1.165, 1.54) is 0 Å². The van der Waals surface area contributed by atoms with Crippen molar-refractivity contribution in [2.75, 3.05) is 11.9 Å². The van der Waals surface area contributed by atoms with Crippen LogP contribution in [-0.2, 0) is 0 Å². The molecule has 1 aromatic heterocycles. The molecule has 0 unspecified atom stereocenters. The Morgan fingerprint density at radius 1 is 1.73 bits per heavy atom. The summed E-state index contributed by atoms with van der Waals surface area (Å²) in [5, 5.41) is 0.345. The van der Waals surface area contributed by atoms with Gasteiger partial charge in [0.15, 0.2) is 5.11 Å². The fourth-order valence-corrected chi connectivity index (χ4v) is 0.785. The molecule has 3 nitrogen and oxygen atoms in total. The highest BCUT2D eigenvalue weighted by molar-refractivity contribution is 7.80. The maximum Gasteiger partial charge on any atom is 0.170 e. The van der Waals surface area contributed by atoms with E-state index in [9.17, 15) is 0 Å². The number of hydrogen-bond donors (Lipinski definition) is 1. The summed E-state index contributed by atoms with van der Waals surface area (Å²) in [6.07, 6.45) is 3.41. The van der Waals surface area contributed by atoms with E-state index in [-0.39, 0.29) is 0 Å². The molecule has 0 spiro atoms. The van der Waals surface area contributed by atoms with E-state index in [0.29, 0.717) is 5.11 Å². The molecule has 1 heterocycles. The predicted octanol–water partition coefficient (Wildman–Crippen LogP) is 0.761. The molecule has 0 saturated heterocycles. The summed E-state index contributed by atoms with van der Waals surface area (Å²) in [6, 6.07) is 3.73. The van der Waals surface area contributed by atoms with Gasteiger partial charge in [0, 0.05) is 13.2 Å². The first kappa shape index (κ1) is 7.94. The third kappa shape index (κ3) is 1.88. The molecule has 0 aromatic carbocycles. The zero-order valence-electron chi connectivity index (χ0n) is 6.19. The van der Waals surface area contributed by atoms with E-state index in [1.54, 1.807) is 24.3 Å². The molecule has 11 heavy (non-hydrogen) atoms. The van der Waals surface area contributed by atoms with Gasteiger partial charge in [0.2, 0.25) is 0 Å². The monoisotopic (exact) mass is 167 g/mol. The molecule has 4 heteroatoms. The summed E-state index contributed by atoms with van der Waals surface area (Å²) in [4.78, 5) is 5.63. The smallest absolute Gasteiger partial charge is 0.170 e. The van der Waals surface area contributed by atoms with Gasteiger partial charge < -0.3 is 10.6 Å². The topological polar surface area (TPSA) is 42.1 Å². The van der Waals surface area contributed by atoms with Crippen molar-refractivity contribution in [3.05, 3.63) is 24.5 Å². The number of nitrogens with zero attached hydrogens (tertiary/aromatic N) is 2.